The van der Waals surface area contributed by atoms with Crippen molar-refractivity contribution in [1.82, 2.24) is 14.5 Å². The molecule has 3 nitrogen and oxygen atoms in total. The van der Waals surface area contributed by atoms with Crippen molar-refractivity contribution < 1.29 is 0 Å². The standard InChI is InChI=1S/C15H21Cl2N3/c1-4-19(5-2)10-11(3)20-13-8-6-7-12(17)15(13)18-14(20)9-16/h6-8,11H,4-5,9-10H2,1-3H3. The molecule has 1 heterocycles. The Bertz CT molecular complexity index is 576. The van der Waals surface area contributed by atoms with Gasteiger partial charge in [0.15, 0.2) is 0 Å². The third-order valence-corrected chi connectivity index (χ3v) is 4.27. The molecule has 0 saturated carbocycles. The van der Waals surface area contributed by atoms with Crippen LogP contribution < -0.4 is 0 Å². The second-order valence-corrected chi connectivity index (χ2v) is 5.65. The van der Waals surface area contributed by atoms with Crippen LogP contribution in [0.15, 0.2) is 18.2 Å². The third-order valence-electron chi connectivity index (χ3n) is 3.72. The van der Waals surface area contributed by atoms with Gasteiger partial charge in [-0.25, -0.2) is 4.98 Å². The molecule has 2 rings (SSSR count). The molecule has 0 N–H and O–H groups in total. The van der Waals surface area contributed by atoms with Gasteiger partial charge in [-0.15, -0.1) is 11.6 Å². The van der Waals surface area contributed by atoms with Gasteiger partial charge < -0.3 is 9.47 Å². The van der Waals surface area contributed by atoms with Gasteiger partial charge in [0.2, 0.25) is 0 Å². The van der Waals surface area contributed by atoms with Gasteiger partial charge in [0.1, 0.15) is 11.3 Å². The summed E-state index contributed by atoms with van der Waals surface area (Å²) in [7, 11) is 0. The van der Waals surface area contributed by atoms with E-state index < -0.39 is 0 Å². The minimum Gasteiger partial charge on any atom is -0.323 e. The number of aromatic nitrogens is 2. The number of benzene rings is 1. The zero-order valence-electron chi connectivity index (χ0n) is 12.2. The molecule has 2 aromatic rings. The molecule has 0 aliphatic rings. The summed E-state index contributed by atoms with van der Waals surface area (Å²) in [5.41, 5.74) is 1.91. The van der Waals surface area contributed by atoms with Crippen LogP contribution in [0.5, 0.6) is 0 Å². The first-order valence-electron chi connectivity index (χ1n) is 7.05. The molecule has 20 heavy (non-hydrogen) atoms. The summed E-state index contributed by atoms with van der Waals surface area (Å²) >= 11 is 12.3. The molecule has 1 aromatic heterocycles. The zero-order chi connectivity index (χ0) is 14.7. The van der Waals surface area contributed by atoms with E-state index in [-0.39, 0.29) is 0 Å². The van der Waals surface area contributed by atoms with E-state index in [1.165, 1.54) is 0 Å². The van der Waals surface area contributed by atoms with Crippen molar-refractivity contribution in [3.63, 3.8) is 0 Å². The zero-order valence-corrected chi connectivity index (χ0v) is 13.7. The number of imidazole rings is 1. The smallest absolute Gasteiger partial charge is 0.125 e. The van der Waals surface area contributed by atoms with Gasteiger partial charge in [0, 0.05) is 12.6 Å². The van der Waals surface area contributed by atoms with Gasteiger partial charge in [0.05, 0.1) is 16.4 Å². The molecule has 0 aliphatic heterocycles. The van der Waals surface area contributed by atoms with Crippen LogP contribution in [0.25, 0.3) is 11.0 Å². The lowest BCUT2D eigenvalue weighted by Crippen LogP contribution is -2.30. The first-order valence-corrected chi connectivity index (χ1v) is 7.97. The Morgan fingerprint density at radius 3 is 2.60 bits per heavy atom. The molecule has 1 aromatic carbocycles. The number of hydrogen-bond donors (Lipinski definition) is 0. The molecule has 0 bridgehead atoms. The summed E-state index contributed by atoms with van der Waals surface area (Å²) in [5, 5.41) is 0.683. The minimum absolute atomic E-state index is 0.312. The molecule has 0 saturated heterocycles. The van der Waals surface area contributed by atoms with E-state index in [1.54, 1.807) is 0 Å². The van der Waals surface area contributed by atoms with E-state index in [0.29, 0.717) is 16.9 Å². The lowest BCUT2D eigenvalue weighted by Gasteiger charge is -2.25. The molecule has 1 atom stereocenters. The molecule has 0 fully saturated rings. The predicted octanol–water partition coefficient (Wildman–Crippen LogP) is 4.33. The number of hydrogen-bond acceptors (Lipinski definition) is 2. The Morgan fingerprint density at radius 2 is 2.00 bits per heavy atom. The highest BCUT2D eigenvalue weighted by molar-refractivity contribution is 6.35. The predicted molar refractivity (Wildman–Crippen MR) is 86.8 cm³/mol. The SMILES string of the molecule is CCN(CC)CC(C)n1c(CCl)nc2c(Cl)cccc21. The highest BCUT2D eigenvalue weighted by Gasteiger charge is 2.18. The monoisotopic (exact) mass is 313 g/mol. The summed E-state index contributed by atoms with van der Waals surface area (Å²) in [6, 6.07) is 6.20. The highest BCUT2D eigenvalue weighted by Crippen LogP contribution is 2.27. The fraction of sp³-hybridized carbons (Fsp3) is 0.533. The maximum atomic E-state index is 6.23. The summed E-state index contributed by atoms with van der Waals surface area (Å²) in [6.45, 7) is 9.64. The largest absolute Gasteiger partial charge is 0.323 e. The maximum absolute atomic E-state index is 6.23. The normalized spacial score (nSPS) is 13.3. The van der Waals surface area contributed by atoms with Gasteiger partial charge in [-0.3, -0.25) is 0 Å². The third kappa shape index (κ3) is 2.95. The van der Waals surface area contributed by atoms with Gasteiger partial charge in [-0.2, -0.15) is 0 Å². The van der Waals surface area contributed by atoms with Crippen molar-refractivity contribution in [1.29, 1.82) is 0 Å². The molecular weight excluding hydrogens is 293 g/mol. The average Bonchev–Trinajstić information content (AvgIpc) is 2.84. The maximum Gasteiger partial charge on any atom is 0.125 e. The molecule has 1 unspecified atom stereocenters. The number of halogens is 2. The van der Waals surface area contributed by atoms with Crippen LogP contribution in [0.1, 0.15) is 32.6 Å². The Hall–Kier alpha value is -0.770. The summed E-state index contributed by atoms with van der Waals surface area (Å²) in [5.74, 6) is 1.28. The van der Waals surface area contributed by atoms with E-state index in [4.69, 9.17) is 23.2 Å². The second kappa shape index (κ2) is 6.79. The number of alkyl halides is 1. The van der Waals surface area contributed by atoms with Crippen LogP contribution >= 0.6 is 23.2 Å². The highest BCUT2D eigenvalue weighted by atomic mass is 35.5. The molecular formula is C15H21Cl2N3. The van der Waals surface area contributed by atoms with Crippen LogP contribution in [0.2, 0.25) is 5.02 Å². The number of nitrogens with zero attached hydrogens (tertiary/aromatic N) is 3. The Balaban J connectivity index is 2.44. The second-order valence-electron chi connectivity index (χ2n) is 4.97. The first-order chi connectivity index (χ1) is 9.62. The van der Waals surface area contributed by atoms with E-state index in [0.717, 1.165) is 36.5 Å². The quantitative estimate of drug-likeness (QED) is 0.740. The van der Waals surface area contributed by atoms with Crippen LogP contribution in [0.3, 0.4) is 0 Å². The Kier molecular flexibility index (Phi) is 5.30. The number of para-hydroxylation sites is 1. The van der Waals surface area contributed by atoms with Crippen molar-refractivity contribution in [3.8, 4) is 0 Å². The fourth-order valence-electron chi connectivity index (χ4n) is 2.65. The fourth-order valence-corrected chi connectivity index (χ4v) is 3.05. The van der Waals surface area contributed by atoms with Crippen LogP contribution in [0.4, 0.5) is 0 Å². The first kappa shape index (κ1) is 15.6. The Morgan fingerprint density at radius 1 is 1.30 bits per heavy atom. The van der Waals surface area contributed by atoms with Crippen LogP contribution in [-0.2, 0) is 5.88 Å². The van der Waals surface area contributed by atoms with Crippen LogP contribution in [0, 0.1) is 0 Å². The summed E-state index contributed by atoms with van der Waals surface area (Å²) in [4.78, 5) is 6.99. The van der Waals surface area contributed by atoms with Crippen molar-refractivity contribution in [2.24, 2.45) is 0 Å². The van der Waals surface area contributed by atoms with Gasteiger partial charge in [-0.1, -0.05) is 31.5 Å². The number of rotatable bonds is 6. The topological polar surface area (TPSA) is 21.1 Å². The summed E-state index contributed by atoms with van der Waals surface area (Å²) in [6.07, 6.45) is 0. The number of fused-ring (bicyclic) bond motifs is 1. The minimum atomic E-state index is 0.312. The van der Waals surface area contributed by atoms with Gasteiger partial charge >= 0.3 is 0 Å². The lowest BCUT2D eigenvalue weighted by molar-refractivity contribution is 0.262. The van der Waals surface area contributed by atoms with Gasteiger partial charge in [-0.05, 0) is 32.1 Å². The molecule has 110 valence electrons. The Labute approximate surface area is 130 Å². The van der Waals surface area contributed by atoms with E-state index in [9.17, 15) is 0 Å². The number of likely N-dealkylation sites (N-methyl/N-ethyl adjacent to an activating group) is 1. The molecule has 0 aliphatic carbocycles. The lowest BCUT2D eigenvalue weighted by atomic mass is 10.2. The molecule has 5 heteroatoms. The van der Waals surface area contributed by atoms with E-state index >= 15 is 0 Å². The van der Waals surface area contributed by atoms with Crippen molar-refractivity contribution in [2.75, 3.05) is 19.6 Å². The van der Waals surface area contributed by atoms with E-state index in [2.05, 4.69) is 41.3 Å². The average molecular weight is 314 g/mol. The molecule has 0 amide bonds. The van der Waals surface area contributed by atoms with Crippen molar-refractivity contribution in [2.45, 2.75) is 32.7 Å². The summed E-state index contributed by atoms with van der Waals surface area (Å²) < 4.78 is 2.21. The van der Waals surface area contributed by atoms with Crippen LogP contribution in [-0.4, -0.2) is 34.1 Å². The molecule has 0 radical (unpaired) electrons. The van der Waals surface area contributed by atoms with Crippen molar-refractivity contribution in [3.05, 3.63) is 29.0 Å². The molecule has 0 spiro atoms. The van der Waals surface area contributed by atoms with Crippen molar-refractivity contribution >= 4 is 34.2 Å². The van der Waals surface area contributed by atoms with Gasteiger partial charge in [0.25, 0.3) is 0 Å². The van der Waals surface area contributed by atoms with E-state index in [1.807, 2.05) is 12.1 Å².